The highest BCUT2D eigenvalue weighted by Gasteiger charge is 2.30. The number of carbonyl (C=O) groups is 1. The molecule has 1 unspecified atom stereocenters. The van der Waals surface area contributed by atoms with Crippen LogP contribution in [0.1, 0.15) is 62.4 Å². The van der Waals surface area contributed by atoms with Crippen molar-refractivity contribution < 1.29 is 9.53 Å². The average Bonchev–Trinajstić information content (AvgIpc) is 2.96. The highest BCUT2D eigenvalue weighted by molar-refractivity contribution is 7.13. The maximum Gasteiger partial charge on any atom is 0.273 e. The van der Waals surface area contributed by atoms with Crippen LogP contribution in [0.25, 0.3) is 0 Å². The number of piperidine rings is 1. The molecule has 1 saturated heterocycles. The monoisotopic (exact) mass is 363 g/mol. The van der Waals surface area contributed by atoms with Crippen LogP contribution in [0, 0.1) is 0 Å². The second-order valence-corrected chi connectivity index (χ2v) is 8.69. The number of aromatic nitrogens is 1. The summed E-state index contributed by atoms with van der Waals surface area (Å²) >= 11 is 1.69. The molecule has 2 aliphatic carbocycles. The Morgan fingerprint density at radius 1 is 1.28 bits per heavy atom. The Bertz CT molecular complexity index is 606. The number of likely N-dealkylation sites (tertiary alicyclic amines) is 1. The number of nitrogens with zero attached hydrogens (tertiary/aromatic N) is 2. The lowest BCUT2D eigenvalue weighted by molar-refractivity contribution is -0.121. The molecule has 138 valence electrons. The van der Waals surface area contributed by atoms with Gasteiger partial charge in [-0.2, -0.15) is 0 Å². The van der Waals surface area contributed by atoms with Gasteiger partial charge in [-0.15, -0.1) is 0 Å². The van der Waals surface area contributed by atoms with Crippen molar-refractivity contribution in [2.24, 2.45) is 0 Å². The molecule has 1 amide bonds. The number of hydrogen-bond acceptors (Lipinski definition) is 5. The molecular formula is C19H29N3O2S. The van der Waals surface area contributed by atoms with E-state index in [0.29, 0.717) is 12.5 Å². The van der Waals surface area contributed by atoms with Crippen molar-refractivity contribution in [1.29, 1.82) is 0 Å². The van der Waals surface area contributed by atoms with Crippen LogP contribution >= 0.6 is 11.3 Å². The molecule has 5 nitrogen and oxygen atoms in total. The maximum atomic E-state index is 11.6. The first-order chi connectivity index (χ1) is 12.2. The van der Waals surface area contributed by atoms with Crippen LogP contribution in [0.5, 0.6) is 5.19 Å². The minimum atomic E-state index is 0.146. The maximum absolute atomic E-state index is 11.6. The summed E-state index contributed by atoms with van der Waals surface area (Å²) in [7, 11) is 0. The fourth-order valence-electron chi connectivity index (χ4n) is 4.11. The largest absolute Gasteiger partial charge is 0.467 e. The molecular weight excluding hydrogens is 334 g/mol. The molecule has 0 bridgehead atoms. The van der Waals surface area contributed by atoms with Gasteiger partial charge in [0.25, 0.3) is 5.19 Å². The van der Waals surface area contributed by atoms with E-state index in [1.165, 1.54) is 42.9 Å². The van der Waals surface area contributed by atoms with Crippen molar-refractivity contribution in [3.8, 4) is 5.19 Å². The fourth-order valence-corrected chi connectivity index (χ4v) is 5.21. The van der Waals surface area contributed by atoms with Gasteiger partial charge >= 0.3 is 0 Å². The third-order valence-electron chi connectivity index (χ3n) is 5.94. The van der Waals surface area contributed by atoms with Gasteiger partial charge in [-0.1, -0.05) is 24.7 Å². The molecule has 3 aliphatic rings. The third-order valence-corrected chi connectivity index (χ3v) is 6.95. The Hall–Kier alpha value is -1.14. The van der Waals surface area contributed by atoms with E-state index >= 15 is 0 Å². The molecule has 1 atom stereocenters. The highest BCUT2D eigenvalue weighted by atomic mass is 32.1. The standard InChI is InChI=1S/C19H29N3O2S/c1-2-18(23)20-13-6-7-16-17(12-13)25-19(21-16)24-15-8-10-22(11-9-15)14-4-3-5-14/h13-15H,2-12H2,1H3,(H,20,23). The smallest absolute Gasteiger partial charge is 0.273 e. The van der Waals surface area contributed by atoms with Gasteiger partial charge in [0.05, 0.1) is 5.69 Å². The van der Waals surface area contributed by atoms with E-state index in [1.54, 1.807) is 11.3 Å². The van der Waals surface area contributed by atoms with E-state index in [9.17, 15) is 4.79 Å². The number of nitrogens with one attached hydrogen (secondary N) is 1. The van der Waals surface area contributed by atoms with Gasteiger partial charge in [-0.25, -0.2) is 4.98 Å². The van der Waals surface area contributed by atoms with Crippen molar-refractivity contribution in [2.45, 2.75) is 82.9 Å². The van der Waals surface area contributed by atoms with E-state index in [2.05, 4.69) is 10.2 Å². The first-order valence-electron chi connectivity index (χ1n) is 9.90. The number of hydrogen-bond donors (Lipinski definition) is 1. The lowest BCUT2D eigenvalue weighted by Gasteiger charge is -2.41. The summed E-state index contributed by atoms with van der Waals surface area (Å²) in [5.41, 5.74) is 1.19. The summed E-state index contributed by atoms with van der Waals surface area (Å²) < 4.78 is 6.22. The van der Waals surface area contributed by atoms with E-state index in [1.807, 2.05) is 6.92 Å². The molecule has 1 N–H and O–H groups in total. The minimum absolute atomic E-state index is 0.146. The van der Waals surface area contributed by atoms with Gasteiger partial charge in [-0.05, 0) is 38.5 Å². The zero-order valence-electron chi connectivity index (χ0n) is 15.1. The SMILES string of the molecule is CCC(=O)NC1CCc2nc(OC3CCN(C4CCC4)CC3)sc2C1. The normalized spacial score (nSPS) is 25.2. The molecule has 25 heavy (non-hydrogen) atoms. The lowest BCUT2D eigenvalue weighted by Crippen LogP contribution is -2.46. The molecule has 2 fully saturated rings. The van der Waals surface area contributed by atoms with Crippen LogP contribution in [0.2, 0.25) is 0 Å². The van der Waals surface area contributed by atoms with Crippen LogP contribution in [0.15, 0.2) is 0 Å². The average molecular weight is 364 g/mol. The Labute approximate surface area is 154 Å². The second kappa shape index (κ2) is 7.62. The predicted octanol–water partition coefficient (Wildman–Crippen LogP) is 2.92. The van der Waals surface area contributed by atoms with Crippen molar-refractivity contribution in [2.75, 3.05) is 13.1 Å². The van der Waals surface area contributed by atoms with Gasteiger partial charge in [0.1, 0.15) is 6.10 Å². The minimum Gasteiger partial charge on any atom is -0.467 e. The first kappa shape index (κ1) is 17.3. The van der Waals surface area contributed by atoms with Crippen LogP contribution in [0.3, 0.4) is 0 Å². The number of fused-ring (bicyclic) bond motifs is 1. The van der Waals surface area contributed by atoms with Gasteiger partial charge in [-0.3, -0.25) is 4.79 Å². The topological polar surface area (TPSA) is 54.5 Å². The Morgan fingerprint density at radius 3 is 2.76 bits per heavy atom. The molecule has 0 radical (unpaired) electrons. The van der Waals surface area contributed by atoms with Gasteiger partial charge in [0, 0.05) is 42.9 Å². The molecule has 0 aromatic carbocycles. The number of aryl methyl sites for hydroxylation is 1. The van der Waals surface area contributed by atoms with Crippen molar-refractivity contribution in [1.82, 2.24) is 15.2 Å². The van der Waals surface area contributed by atoms with Crippen molar-refractivity contribution in [3.05, 3.63) is 10.6 Å². The fraction of sp³-hybridized carbons (Fsp3) is 0.789. The highest BCUT2D eigenvalue weighted by Crippen LogP contribution is 2.33. The predicted molar refractivity (Wildman–Crippen MR) is 99.2 cm³/mol. The Balaban J connectivity index is 1.29. The number of amides is 1. The zero-order chi connectivity index (χ0) is 17.2. The molecule has 2 heterocycles. The quantitative estimate of drug-likeness (QED) is 0.874. The number of ether oxygens (including phenoxy) is 1. The van der Waals surface area contributed by atoms with Gasteiger partial charge < -0.3 is 15.0 Å². The number of carbonyl (C=O) groups excluding carboxylic acids is 1. The van der Waals surface area contributed by atoms with Crippen LogP contribution in [0.4, 0.5) is 0 Å². The van der Waals surface area contributed by atoms with E-state index in [-0.39, 0.29) is 11.9 Å². The van der Waals surface area contributed by atoms with E-state index in [0.717, 1.165) is 43.3 Å². The van der Waals surface area contributed by atoms with Crippen LogP contribution < -0.4 is 10.1 Å². The molecule has 1 saturated carbocycles. The summed E-state index contributed by atoms with van der Waals surface area (Å²) in [4.78, 5) is 20.3. The first-order valence-corrected chi connectivity index (χ1v) is 10.7. The summed E-state index contributed by atoms with van der Waals surface area (Å²) in [6, 6.07) is 1.11. The third kappa shape index (κ3) is 4.00. The van der Waals surface area contributed by atoms with Gasteiger partial charge in [0.15, 0.2) is 0 Å². The van der Waals surface area contributed by atoms with E-state index in [4.69, 9.17) is 9.72 Å². The summed E-state index contributed by atoms with van der Waals surface area (Å²) in [5, 5.41) is 3.96. The van der Waals surface area contributed by atoms with Gasteiger partial charge in [0.2, 0.25) is 5.91 Å². The lowest BCUT2D eigenvalue weighted by atomic mass is 9.90. The molecule has 6 heteroatoms. The number of thiazole rings is 1. The molecule has 1 aliphatic heterocycles. The summed E-state index contributed by atoms with van der Waals surface area (Å²) in [6.07, 6.45) is 10.1. The summed E-state index contributed by atoms with van der Waals surface area (Å²) in [6.45, 7) is 4.25. The van der Waals surface area contributed by atoms with E-state index < -0.39 is 0 Å². The second-order valence-electron chi connectivity index (χ2n) is 7.65. The Kier molecular flexibility index (Phi) is 5.27. The van der Waals surface area contributed by atoms with Crippen molar-refractivity contribution in [3.63, 3.8) is 0 Å². The molecule has 1 aromatic heterocycles. The van der Waals surface area contributed by atoms with Crippen molar-refractivity contribution >= 4 is 17.2 Å². The summed E-state index contributed by atoms with van der Waals surface area (Å²) in [5.74, 6) is 0.146. The van der Waals surface area contributed by atoms with Crippen LogP contribution in [-0.4, -0.2) is 47.1 Å². The Morgan fingerprint density at radius 2 is 2.08 bits per heavy atom. The zero-order valence-corrected chi connectivity index (χ0v) is 15.9. The molecule has 0 spiro atoms. The molecule has 1 aromatic rings. The number of rotatable bonds is 5. The van der Waals surface area contributed by atoms with Crippen LogP contribution in [-0.2, 0) is 17.6 Å². The molecule has 4 rings (SSSR count).